The van der Waals surface area contributed by atoms with Crippen LogP contribution in [0.3, 0.4) is 0 Å². The number of ether oxygens (including phenoxy) is 1. The van der Waals surface area contributed by atoms with Crippen LogP contribution in [-0.4, -0.2) is 18.6 Å². The normalized spacial score (nSPS) is 11.0. The molecule has 0 bridgehead atoms. The van der Waals surface area contributed by atoms with Crippen molar-refractivity contribution in [2.45, 2.75) is 13.0 Å². The van der Waals surface area contributed by atoms with Crippen LogP contribution in [0.2, 0.25) is 0 Å². The first-order chi connectivity index (χ1) is 10.7. The molecule has 1 atom stereocenters. The Hall–Kier alpha value is -2.80. The summed E-state index contributed by atoms with van der Waals surface area (Å²) in [6.45, 7) is 1.79. The topological polar surface area (TPSA) is 38.3 Å². The summed E-state index contributed by atoms with van der Waals surface area (Å²) in [6, 6.07) is 15.3. The zero-order valence-electron chi connectivity index (χ0n) is 12.2. The second-order valence-electron chi connectivity index (χ2n) is 4.57. The molecule has 0 aliphatic heterocycles. The molecule has 112 valence electrons. The van der Waals surface area contributed by atoms with Gasteiger partial charge in [0.15, 0.2) is 6.10 Å². The number of hydrogen-bond acceptors (Lipinski definition) is 2. The number of para-hydroxylation sites is 1. The quantitative estimate of drug-likeness (QED) is 0.881. The minimum absolute atomic E-state index is 0.135. The average Bonchev–Trinajstić information content (AvgIpc) is 2.53. The Bertz CT molecular complexity index is 689. The van der Waals surface area contributed by atoms with Gasteiger partial charge < -0.3 is 10.1 Å². The van der Waals surface area contributed by atoms with Gasteiger partial charge in [0.05, 0.1) is 12.1 Å². The summed E-state index contributed by atoms with van der Waals surface area (Å²) in [5.74, 6) is 5.37. The zero-order valence-corrected chi connectivity index (χ0v) is 12.2. The summed E-state index contributed by atoms with van der Waals surface area (Å²) >= 11 is 0. The molecule has 0 radical (unpaired) electrons. The highest BCUT2D eigenvalue weighted by molar-refractivity contribution is 5.80. The third-order valence-electron chi connectivity index (χ3n) is 2.87. The number of halogens is 1. The smallest absolute Gasteiger partial charge is 0.261 e. The Balaban J connectivity index is 1.82. The number of amides is 1. The van der Waals surface area contributed by atoms with Crippen LogP contribution in [0, 0.1) is 17.7 Å². The first kappa shape index (κ1) is 15.6. The van der Waals surface area contributed by atoms with Crippen LogP contribution in [0.25, 0.3) is 0 Å². The predicted molar refractivity (Wildman–Crippen MR) is 82.8 cm³/mol. The van der Waals surface area contributed by atoms with Gasteiger partial charge in [-0.1, -0.05) is 42.2 Å². The fourth-order valence-electron chi connectivity index (χ4n) is 1.73. The molecular weight excluding hydrogens is 281 g/mol. The number of nitrogens with one attached hydrogen (secondary N) is 1. The third-order valence-corrected chi connectivity index (χ3v) is 2.87. The maximum absolute atomic E-state index is 13.3. The average molecular weight is 297 g/mol. The molecular formula is C18H16FNO2. The number of rotatable bonds is 4. The van der Waals surface area contributed by atoms with Gasteiger partial charge in [-0.05, 0) is 31.2 Å². The lowest BCUT2D eigenvalue weighted by Gasteiger charge is -2.13. The largest absolute Gasteiger partial charge is 0.481 e. The van der Waals surface area contributed by atoms with Crippen LogP contribution < -0.4 is 10.1 Å². The summed E-state index contributed by atoms with van der Waals surface area (Å²) in [4.78, 5) is 11.8. The molecule has 1 N–H and O–H groups in total. The van der Waals surface area contributed by atoms with Crippen LogP contribution in [0.15, 0.2) is 54.6 Å². The van der Waals surface area contributed by atoms with Crippen LogP contribution in [-0.2, 0) is 4.79 Å². The molecule has 0 aliphatic rings. The van der Waals surface area contributed by atoms with Gasteiger partial charge >= 0.3 is 0 Å². The van der Waals surface area contributed by atoms with E-state index in [1.54, 1.807) is 37.3 Å². The molecule has 0 saturated heterocycles. The van der Waals surface area contributed by atoms with Crippen molar-refractivity contribution in [3.05, 3.63) is 66.0 Å². The SMILES string of the molecule is CC(Oc1ccccc1)C(=O)NCC#Cc1ccccc1F. The van der Waals surface area contributed by atoms with E-state index in [0.29, 0.717) is 11.3 Å². The summed E-state index contributed by atoms with van der Waals surface area (Å²) in [6.07, 6.45) is -0.627. The molecule has 0 fully saturated rings. The second-order valence-corrected chi connectivity index (χ2v) is 4.57. The van der Waals surface area contributed by atoms with E-state index in [-0.39, 0.29) is 18.3 Å². The van der Waals surface area contributed by atoms with Gasteiger partial charge in [-0.25, -0.2) is 4.39 Å². The van der Waals surface area contributed by atoms with Crippen molar-refractivity contribution in [1.29, 1.82) is 0 Å². The van der Waals surface area contributed by atoms with E-state index in [1.165, 1.54) is 6.07 Å². The lowest BCUT2D eigenvalue weighted by atomic mass is 10.2. The standard InChI is InChI=1S/C18H16FNO2/c1-14(22-16-10-3-2-4-11-16)18(21)20-13-7-9-15-8-5-6-12-17(15)19/h2-6,8,10-12,14H,13H2,1H3,(H,20,21). The Labute approximate surface area is 129 Å². The first-order valence-corrected chi connectivity index (χ1v) is 6.89. The van der Waals surface area contributed by atoms with Gasteiger partial charge in [-0.15, -0.1) is 0 Å². The molecule has 2 aromatic carbocycles. The van der Waals surface area contributed by atoms with Crippen molar-refractivity contribution in [2.75, 3.05) is 6.54 Å². The lowest BCUT2D eigenvalue weighted by molar-refractivity contribution is -0.126. The molecule has 2 rings (SSSR count). The Morgan fingerprint density at radius 2 is 1.86 bits per heavy atom. The van der Waals surface area contributed by atoms with E-state index in [4.69, 9.17) is 4.74 Å². The molecule has 4 heteroatoms. The van der Waals surface area contributed by atoms with Crippen LogP contribution in [0.5, 0.6) is 5.75 Å². The number of carbonyl (C=O) groups excluding carboxylic acids is 1. The predicted octanol–water partition coefficient (Wildman–Crippen LogP) is 2.76. The van der Waals surface area contributed by atoms with Gasteiger partial charge in [0.2, 0.25) is 0 Å². The summed E-state index contributed by atoms with van der Waals surface area (Å²) < 4.78 is 18.8. The van der Waals surface area contributed by atoms with Crippen LogP contribution >= 0.6 is 0 Å². The highest BCUT2D eigenvalue weighted by Crippen LogP contribution is 2.10. The maximum Gasteiger partial charge on any atom is 0.261 e. The Morgan fingerprint density at radius 1 is 1.18 bits per heavy atom. The Morgan fingerprint density at radius 3 is 2.59 bits per heavy atom. The van der Waals surface area contributed by atoms with Crippen LogP contribution in [0.1, 0.15) is 12.5 Å². The molecule has 1 unspecified atom stereocenters. The molecule has 1 amide bonds. The van der Waals surface area contributed by atoms with E-state index < -0.39 is 6.10 Å². The Kier molecular flexibility index (Phi) is 5.56. The van der Waals surface area contributed by atoms with Crippen molar-refractivity contribution < 1.29 is 13.9 Å². The maximum atomic E-state index is 13.3. The fraction of sp³-hybridized carbons (Fsp3) is 0.167. The molecule has 3 nitrogen and oxygen atoms in total. The van der Waals surface area contributed by atoms with Crippen molar-refractivity contribution in [1.82, 2.24) is 5.32 Å². The second kappa shape index (κ2) is 7.84. The molecule has 22 heavy (non-hydrogen) atoms. The molecule has 0 spiro atoms. The molecule has 0 saturated carbocycles. The number of carbonyl (C=O) groups is 1. The number of hydrogen-bond donors (Lipinski definition) is 1. The summed E-state index contributed by atoms with van der Waals surface area (Å²) in [7, 11) is 0. The van der Waals surface area contributed by atoms with Crippen molar-refractivity contribution >= 4 is 5.91 Å². The van der Waals surface area contributed by atoms with Gasteiger partial charge in [-0.2, -0.15) is 0 Å². The van der Waals surface area contributed by atoms with E-state index >= 15 is 0 Å². The monoisotopic (exact) mass is 297 g/mol. The molecule has 2 aromatic rings. The lowest BCUT2D eigenvalue weighted by Crippen LogP contribution is -2.36. The highest BCUT2D eigenvalue weighted by atomic mass is 19.1. The first-order valence-electron chi connectivity index (χ1n) is 6.89. The minimum Gasteiger partial charge on any atom is -0.481 e. The fourth-order valence-corrected chi connectivity index (χ4v) is 1.73. The summed E-state index contributed by atoms with van der Waals surface area (Å²) in [5, 5.41) is 2.63. The number of benzene rings is 2. The van der Waals surface area contributed by atoms with Gasteiger partial charge in [0, 0.05) is 0 Å². The molecule has 0 aromatic heterocycles. The van der Waals surface area contributed by atoms with E-state index in [9.17, 15) is 9.18 Å². The van der Waals surface area contributed by atoms with Gasteiger partial charge in [0.25, 0.3) is 5.91 Å². The third kappa shape index (κ3) is 4.64. The van der Waals surface area contributed by atoms with E-state index in [0.717, 1.165) is 0 Å². The summed E-state index contributed by atoms with van der Waals surface area (Å²) in [5.41, 5.74) is 0.310. The van der Waals surface area contributed by atoms with Crippen LogP contribution in [0.4, 0.5) is 4.39 Å². The van der Waals surface area contributed by atoms with Crippen molar-refractivity contribution in [2.24, 2.45) is 0 Å². The molecule has 0 aliphatic carbocycles. The minimum atomic E-state index is -0.627. The van der Waals surface area contributed by atoms with E-state index in [1.807, 2.05) is 18.2 Å². The highest BCUT2D eigenvalue weighted by Gasteiger charge is 2.13. The zero-order chi connectivity index (χ0) is 15.8. The van der Waals surface area contributed by atoms with Gasteiger partial charge in [0.1, 0.15) is 11.6 Å². The van der Waals surface area contributed by atoms with E-state index in [2.05, 4.69) is 17.2 Å². The van der Waals surface area contributed by atoms with Gasteiger partial charge in [-0.3, -0.25) is 4.79 Å². The molecule has 0 heterocycles. The van der Waals surface area contributed by atoms with Crippen molar-refractivity contribution in [3.8, 4) is 17.6 Å². The van der Waals surface area contributed by atoms with Crippen molar-refractivity contribution in [3.63, 3.8) is 0 Å².